The van der Waals surface area contributed by atoms with Crippen LogP contribution >= 0.6 is 15.9 Å². The van der Waals surface area contributed by atoms with Crippen molar-refractivity contribution in [1.29, 1.82) is 0 Å². The molecule has 0 saturated heterocycles. The van der Waals surface area contributed by atoms with E-state index in [1.54, 1.807) is 24.2 Å². The van der Waals surface area contributed by atoms with Crippen LogP contribution in [-0.2, 0) is 6.61 Å². The zero-order valence-electron chi connectivity index (χ0n) is 8.72. The van der Waals surface area contributed by atoms with E-state index < -0.39 is 0 Å². The fraction of sp³-hybridized carbons (Fsp3) is 0.182. The highest BCUT2D eigenvalue weighted by atomic mass is 79.9. The van der Waals surface area contributed by atoms with Crippen LogP contribution in [0.1, 0.15) is 5.56 Å². The third-order valence-corrected chi connectivity index (χ3v) is 2.87. The lowest BCUT2D eigenvalue weighted by Gasteiger charge is -2.06. The molecule has 5 heteroatoms. The van der Waals surface area contributed by atoms with Gasteiger partial charge in [-0.3, -0.25) is 0 Å². The number of hydrogen-bond acceptors (Lipinski definition) is 3. The minimum absolute atomic E-state index is 0.00629. The molecule has 0 spiro atoms. The van der Waals surface area contributed by atoms with Crippen LogP contribution < -0.4 is 4.74 Å². The second-order valence-electron chi connectivity index (χ2n) is 3.27. The van der Waals surface area contributed by atoms with E-state index in [0.29, 0.717) is 0 Å². The van der Waals surface area contributed by atoms with Crippen LogP contribution in [0.4, 0.5) is 0 Å². The second-order valence-corrected chi connectivity index (χ2v) is 4.12. The summed E-state index contributed by atoms with van der Waals surface area (Å²) in [6, 6.07) is 5.69. The number of rotatable bonds is 3. The van der Waals surface area contributed by atoms with E-state index in [9.17, 15) is 0 Å². The first-order valence-corrected chi connectivity index (χ1v) is 5.52. The Bertz CT molecular complexity index is 496. The van der Waals surface area contributed by atoms with Crippen LogP contribution in [0.15, 0.2) is 35.1 Å². The lowest BCUT2D eigenvalue weighted by Crippen LogP contribution is -1.95. The number of ether oxygens (including phenoxy) is 1. The van der Waals surface area contributed by atoms with Gasteiger partial charge in [0.2, 0.25) is 0 Å². The number of hydrogen-bond donors (Lipinski definition) is 1. The maximum absolute atomic E-state index is 8.96. The molecule has 4 nitrogen and oxygen atoms in total. The molecule has 84 valence electrons. The summed E-state index contributed by atoms with van der Waals surface area (Å²) in [5.41, 5.74) is 1.67. The number of nitrogens with zero attached hydrogens (tertiary/aromatic N) is 2. The fourth-order valence-electron chi connectivity index (χ4n) is 1.37. The molecule has 0 radical (unpaired) electrons. The van der Waals surface area contributed by atoms with E-state index in [2.05, 4.69) is 21.0 Å². The summed E-state index contributed by atoms with van der Waals surface area (Å²) in [5.74, 6) is 0.749. The van der Waals surface area contributed by atoms with Gasteiger partial charge in [-0.15, -0.1) is 0 Å². The van der Waals surface area contributed by atoms with E-state index in [0.717, 1.165) is 21.5 Å². The quantitative estimate of drug-likeness (QED) is 0.938. The minimum atomic E-state index is -0.00629. The molecule has 1 aromatic carbocycles. The van der Waals surface area contributed by atoms with Crippen molar-refractivity contribution in [2.75, 3.05) is 7.11 Å². The van der Waals surface area contributed by atoms with E-state index in [1.165, 1.54) is 0 Å². The van der Waals surface area contributed by atoms with Gasteiger partial charge in [0.25, 0.3) is 0 Å². The summed E-state index contributed by atoms with van der Waals surface area (Å²) in [5, 5.41) is 13.1. The topological polar surface area (TPSA) is 47.3 Å². The summed E-state index contributed by atoms with van der Waals surface area (Å²) in [6.45, 7) is -0.00629. The number of aliphatic hydroxyl groups excluding tert-OH is 1. The number of aliphatic hydroxyl groups is 1. The Hall–Kier alpha value is -1.33. The predicted octanol–water partition coefficient (Wildman–Crippen LogP) is 2.14. The lowest BCUT2D eigenvalue weighted by atomic mass is 10.3. The van der Waals surface area contributed by atoms with Crippen LogP contribution in [0.5, 0.6) is 5.75 Å². The van der Waals surface area contributed by atoms with Gasteiger partial charge < -0.3 is 9.84 Å². The average molecular weight is 283 g/mol. The number of benzene rings is 1. The molecular weight excluding hydrogens is 272 g/mol. The van der Waals surface area contributed by atoms with Gasteiger partial charge in [-0.2, -0.15) is 5.10 Å². The standard InChI is InChI=1S/C11H11BrN2O2/c1-16-11-4-9(2-3-10(11)12)14-6-8(7-15)5-13-14/h2-6,15H,7H2,1H3. The summed E-state index contributed by atoms with van der Waals surface area (Å²) >= 11 is 3.39. The Morgan fingerprint density at radius 1 is 1.50 bits per heavy atom. The van der Waals surface area contributed by atoms with Gasteiger partial charge in [0.05, 0.1) is 30.1 Å². The van der Waals surface area contributed by atoms with Crippen molar-refractivity contribution in [3.8, 4) is 11.4 Å². The average Bonchev–Trinajstić information content (AvgIpc) is 2.78. The lowest BCUT2D eigenvalue weighted by molar-refractivity contribution is 0.282. The molecule has 0 bridgehead atoms. The minimum Gasteiger partial charge on any atom is -0.495 e. The molecule has 1 heterocycles. The van der Waals surface area contributed by atoms with Crippen molar-refractivity contribution < 1.29 is 9.84 Å². The van der Waals surface area contributed by atoms with Crippen molar-refractivity contribution in [3.63, 3.8) is 0 Å². The number of aromatic nitrogens is 2. The Balaban J connectivity index is 2.40. The normalized spacial score (nSPS) is 10.4. The number of halogens is 1. The zero-order chi connectivity index (χ0) is 11.5. The van der Waals surface area contributed by atoms with Crippen molar-refractivity contribution in [3.05, 3.63) is 40.6 Å². The first-order chi connectivity index (χ1) is 7.74. The smallest absolute Gasteiger partial charge is 0.135 e. The van der Waals surface area contributed by atoms with Crippen LogP contribution in [0.2, 0.25) is 0 Å². The maximum atomic E-state index is 8.96. The second kappa shape index (κ2) is 4.67. The molecule has 0 aliphatic rings. The summed E-state index contributed by atoms with van der Waals surface area (Å²) in [7, 11) is 1.62. The van der Waals surface area contributed by atoms with Gasteiger partial charge in [-0.25, -0.2) is 4.68 Å². The molecule has 0 saturated carbocycles. The van der Waals surface area contributed by atoms with Crippen LogP contribution in [-0.4, -0.2) is 22.0 Å². The molecule has 0 amide bonds. The van der Waals surface area contributed by atoms with Crippen LogP contribution in [0.25, 0.3) is 5.69 Å². The van der Waals surface area contributed by atoms with Crippen LogP contribution in [0, 0.1) is 0 Å². The highest BCUT2D eigenvalue weighted by molar-refractivity contribution is 9.10. The fourth-order valence-corrected chi connectivity index (χ4v) is 1.78. The first kappa shape index (κ1) is 11.2. The highest BCUT2D eigenvalue weighted by Gasteiger charge is 2.04. The molecule has 0 aliphatic heterocycles. The molecule has 0 unspecified atom stereocenters. The van der Waals surface area contributed by atoms with Gasteiger partial charge in [0.1, 0.15) is 5.75 Å². The van der Waals surface area contributed by atoms with Gasteiger partial charge in [0.15, 0.2) is 0 Å². The molecule has 1 N–H and O–H groups in total. The predicted molar refractivity (Wildman–Crippen MR) is 63.7 cm³/mol. The molecular formula is C11H11BrN2O2. The van der Waals surface area contributed by atoms with E-state index in [1.807, 2.05) is 18.2 Å². The van der Waals surface area contributed by atoms with E-state index >= 15 is 0 Å². The largest absolute Gasteiger partial charge is 0.495 e. The Morgan fingerprint density at radius 3 is 2.94 bits per heavy atom. The van der Waals surface area contributed by atoms with Gasteiger partial charge >= 0.3 is 0 Å². The SMILES string of the molecule is COc1cc(-n2cc(CO)cn2)ccc1Br. The molecule has 0 atom stereocenters. The Morgan fingerprint density at radius 2 is 2.31 bits per heavy atom. The summed E-state index contributed by atoms with van der Waals surface area (Å²) in [6.07, 6.45) is 3.41. The number of methoxy groups -OCH3 is 1. The molecule has 0 aliphatic carbocycles. The van der Waals surface area contributed by atoms with Gasteiger partial charge in [-0.05, 0) is 28.1 Å². The third-order valence-electron chi connectivity index (χ3n) is 2.22. The van der Waals surface area contributed by atoms with Gasteiger partial charge in [0, 0.05) is 17.8 Å². The highest BCUT2D eigenvalue weighted by Crippen LogP contribution is 2.26. The maximum Gasteiger partial charge on any atom is 0.135 e. The van der Waals surface area contributed by atoms with E-state index in [-0.39, 0.29) is 6.61 Å². The molecule has 0 fully saturated rings. The van der Waals surface area contributed by atoms with Crippen LogP contribution in [0.3, 0.4) is 0 Å². The van der Waals surface area contributed by atoms with Crippen molar-refractivity contribution >= 4 is 15.9 Å². The van der Waals surface area contributed by atoms with Crippen molar-refractivity contribution in [1.82, 2.24) is 9.78 Å². The molecule has 2 aromatic rings. The van der Waals surface area contributed by atoms with Gasteiger partial charge in [-0.1, -0.05) is 0 Å². The van der Waals surface area contributed by atoms with Crippen molar-refractivity contribution in [2.24, 2.45) is 0 Å². The zero-order valence-corrected chi connectivity index (χ0v) is 10.3. The molecule has 16 heavy (non-hydrogen) atoms. The Labute approximate surface area is 102 Å². The van der Waals surface area contributed by atoms with Crippen molar-refractivity contribution in [2.45, 2.75) is 6.61 Å². The Kier molecular flexibility index (Phi) is 3.26. The monoisotopic (exact) mass is 282 g/mol. The molecule has 1 aromatic heterocycles. The summed E-state index contributed by atoms with van der Waals surface area (Å²) < 4.78 is 7.79. The first-order valence-electron chi connectivity index (χ1n) is 4.73. The molecule has 2 rings (SSSR count). The third kappa shape index (κ3) is 2.10. The summed E-state index contributed by atoms with van der Waals surface area (Å²) in [4.78, 5) is 0. The van der Waals surface area contributed by atoms with E-state index in [4.69, 9.17) is 9.84 Å².